The van der Waals surface area contributed by atoms with Crippen LogP contribution in [0.1, 0.15) is 63.9 Å². The second kappa shape index (κ2) is 14.3. The second-order valence-electron chi connectivity index (χ2n) is 12.1. The van der Waals surface area contributed by atoms with Gasteiger partial charge in [-0.1, -0.05) is 92.8 Å². The first-order valence-electron chi connectivity index (χ1n) is 15.4. The zero-order valence-corrected chi connectivity index (χ0v) is 25.5. The third kappa shape index (κ3) is 8.12. The molecule has 2 heterocycles. The lowest BCUT2D eigenvalue weighted by Gasteiger charge is -2.28. The van der Waals surface area contributed by atoms with E-state index in [0.29, 0.717) is 36.4 Å². The number of amides is 2. The fourth-order valence-corrected chi connectivity index (χ4v) is 7.18. The summed E-state index contributed by atoms with van der Waals surface area (Å²) in [6.07, 6.45) is 6.41. The normalized spacial score (nSPS) is 22.8. The Morgan fingerprint density at radius 3 is 2.47 bits per heavy atom. The van der Waals surface area contributed by atoms with Crippen LogP contribution in [0.3, 0.4) is 0 Å². The van der Waals surface area contributed by atoms with Crippen molar-refractivity contribution in [3.8, 4) is 5.19 Å². The van der Waals surface area contributed by atoms with Gasteiger partial charge in [0.1, 0.15) is 12.1 Å². The number of para-hydroxylation sites is 1. The second-order valence-corrected chi connectivity index (χ2v) is 13.1. The number of nitrogens with two attached hydrogens (primary N) is 1. The number of primary amides is 1. The van der Waals surface area contributed by atoms with Gasteiger partial charge in [0.05, 0.1) is 28.7 Å². The van der Waals surface area contributed by atoms with Crippen molar-refractivity contribution in [1.82, 2.24) is 15.2 Å². The van der Waals surface area contributed by atoms with Gasteiger partial charge < -0.3 is 25.8 Å². The number of likely N-dealkylation sites (tertiary alicyclic amines) is 1. The average Bonchev–Trinajstić information content (AvgIpc) is 3.54. The van der Waals surface area contributed by atoms with Crippen LogP contribution in [0, 0.1) is 17.8 Å². The van der Waals surface area contributed by atoms with Gasteiger partial charge in [0, 0.05) is 13.0 Å². The summed E-state index contributed by atoms with van der Waals surface area (Å²) in [6.45, 7) is 2.98. The number of unbranched alkanes of at least 4 members (excludes halogenated alkanes) is 3. The lowest BCUT2D eigenvalue weighted by atomic mass is 9.96. The summed E-state index contributed by atoms with van der Waals surface area (Å²) < 4.78 is 7.19. The number of carbonyl (C=O) groups is 3. The third-order valence-corrected chi connectivity index (χ3v) is 9.83. The van der Waals surface area contributed by atoms with Crippen LogP contribution in [-0.2, 0) is 20.9 Å². The number of ether oxygens (including phenoxy) is 1. The van der Waals surface area contributed by atoms with Crippen LogP contribution in [-0.4, -0.2) is 57.5 Å². The van der Waals surface area contributed by atoms with Crippen molar-refractivity contribution in [1.29, 1.82) is 0 Å². The summed E-state index contributed by atoms with van der Waals surface area (Å²) in [5.41, 5.74) is 7.72. The van der Waals surface area contributed by atoms with Gasteiger partial charge in [-0.05, 0) is 42.4 Å². The fraction of sp³-hybridized carbons (Fsp3) is 0.515. The maximum Gasteiger partial charge on any atom is 0.306 e. The van der Waals surface area contributed by atoms with Crippen molar-refractivity contribution in [2.24, 2.45) is 23.5 Å². The predicted molar refractivity (Wildman–Crippen MR) is 167 cm³/mol. The first-order chi connectivity index (χ1) is 20.8. The van der Waals surface area contributed by atoms with Gasteiger partial charge >= 0.3 is 5.97 Å². The molecule has 0 bridgehead atoms. The number of hydrogen-bond donors (Lipinski definition) is 3. The number of hydrogen-bond acceptors (Lipinski definition) is 7. The monoisotopic (exact) mass is 606 g/mol. The molecule has 0 spiro atoms. The average molecular weight is 607 g/mol. The Balaban J connectivity index is 1.17. The van der Waals surface area contributed by atoms with Crippen molar-refractivity contribution in [2.75, 3.05) is 6.54 Å². The third-order valence-electron chi connectivity index (χ3n) is 8.90. The Hall–Kier alpha value is -3.50. The van der Waals surface area contributed by atoms with Crippen LogP contribution in [0.2, 0.25) is 0 Å². The van der Waals surface area contributed by atoms with E-state index in [0.717, 1.165) is 54.3 Å². The molecule has 2 aliphatic rings. The number of benzene rings is 2. The number of carboxylic acids is 1. The van der Waals surface area contributed by atoms with Crippen molar-refractivity contribution in [3.63, 3.8) is 0 Å². The van der Waals surface area contributed by atoms with E-state index < -0.39 is 24.0 Å². The Morgan fingerprint density at radius 2 is 1.77 bits per heavy atom. The topological polar surface area (TPSA) is 135 Å². The van der Waals surface area contributed by atoms with Crippen molar-refractivity contribution < 1.29 is 24.2 Å². The fourth-order valence-electron chi connectivity index (χ4n) is 6.30. The Bertz CT molecular complexity index is 1370. The molecule has 1 saturated carbocycles. The molecule has 10 heteroatoms. The van der Waals surface area contributed by atoms with E-state index in [1.165, 1.54) is 11.3 Å². The largest absolute Gasteiger partial charge is 0.481 e. The number of rotatable bonds is 16. The maximum absolute atomic E-state index is 13.9. The van der Waals surface area contributed by atoms with E-state index in [1.807, 2.05) is 54.6 Å². The Morgan fingerprint density at radius 1 is 1.05 bits per heavy atom. The van der Waals surface area contributed by atoms with Gasteiger partial charge in [0.25, 0.3) is 5.19 Å². The van der Waals surface area contributed by atoms with E-state index in [1.54, 1.807) is 4.90 Å². The van der Waals surface area contributed by atoms with E-state index in [-0.39, 0.29) is 24.5 Å². The summed E-state index contributed by atoms with van der Waals surface area (Å²) in [6, 6.07) is 16.6. The Labute approximate surface area is 256 Å². The van der Waals surface area contributed by atoms with E-state index >= 15 is 0 Å². The van der Waals surface area contributed by atoms with Crippen molar-refractivity contribution in [2.45, 2.75) is 83.0 Å². The van der Waals surface area contributed by atoms with Crippen LogP contribution in [0.25, 0.3) is 10.2 Å². The summed E-state index contributed by atoms with van der Waals surface area (Å²) in [4.78, 5) is 43.7. The van der Waals surface area contributed by atoms with Gasteiger partial charge in [-0.2, -0.15) is 0 Å². The molecule has 2 aromatic carbocycles. The number of fused-ring (bicyclic) bond motifs is 1. The zero-order valence-electron chi connectivity index (χ0n) is 24.7. The number of nitrogens with one attached hydrogen (secondary N) is 1. The first-order valence-corrected chi connectivity index (χ1v) is 16.2. The molecule has 5 rings (SSSR count). The molecular formula is C33H42N4O5S. The maximum atomic E-state index is 13.9. The smallest absolute Gasteiger partial charge is 0.306 e. The van der Waals surface area contributed by atoms with E-state index in [4.69, 9.17) is 10.5 Å². The van der Waals surface area contributed by atoms with Crippen LogP contribution in [0.5, 0.6) is 5.19 Å². The van der Waals surface area contributed by atoms with Gasteiger partial charge in [0.2, 0.25) is 11.8 Å². The van der Waals surface area contributed by atoms with Gasteiger partial charge in [-0.25, -0.2) is 4.98 Å². The summed E-state index contributed by atoms with van der Waals surface area (Å²) in [5, 5.41) is 13.2. The number of nitrogens with zero attached hydrogens (tertiary/aromatic N) is 2. The molecule has 9 nitrogen and oxygen atoms in total. The molecule has 3 unspecified atom stereocenters. The van der Waals surface area contributed by atoms with Gasteiger partial charge in [-0.15, -0.1) is 0 Å². The summed E-state index contributed by atoms with van der Waals surface area (Å²) in [7, 11) is 0. The standard InChI is InChI=1S/C33H42N4O5S/c1-21(24-18-25(24)32(40)41)11-5-2-3-8-15-27(35-19-22-12-6-4-7-13-22)31(39)37-20-23(17-28(37)30(34)38)42-33-36-26-14-9-10-16-29(26)43-33/h4,6-7,9-10,12-14,16,21,23-25,27-28,35H,2-3,5,8,11,15,17-20H2,1H3,(H2,34,38)(H,40,41)/t21?,23?,24-,25-,27?,28-/m0/s1. The molecule has 6 atom stereocenters. The van der Waals surface area contributed by atoms with Crippen LogP contribution >= 0.6 is 11.3 Å². The van der Waals surface area contributed by atoms with Crippen molar-refractivity contribution in [3.05, 3.63) is 60.2 Å². The molecule has 1 aliphatic carbocycles. The highest BCUT2D eigenvalue weighted by molar-refractivity contribution is 7.20. The van der Waals surface area contributed by atoms with Crippen LogP contribution in [0.15, 0.2) is 54.6 Å². The molecule has 230 valence electrons. The highest BCUT2D eigenvalue weighted by Gasteiger charge is 2.46. The molecular weight excluding hydrogens is 564 g/mol. The molecule has 2 fully saturated rings. The molecule has 0 radical (unpaired) electrons. The van der Waals surface area contributed by atoms with E-state index in [9.17, 15) is 19.5 Å². The predicted octanol–water partition coefficient (Wildman–Crippen LogP) is 4.99. The van der Waals surface area contributed by atoms with Crippen molar-refractivity contribution >= 4 is 39.3 Å². The SMILES string of the molecule is CC(CCCCCCC(NCc1ccccc1)C(=O)N1CC(Oc2nc3ccccc3s2)C[C@H]1C(N)=O)[C@@H]1C[C@@H]1C(=O)O. The first kappa shape index (κ1) is 30.9. The molecule has 4 N–H and O–H groups in total. The number of carboxylic acid groups (broad SMARTS) is 1. The number of aromatic nitrogens is 1. The molecule has 3 aromatic rings. The Kier molecular flexibility index (Phi) is 10.3. The van der Waals surface area contributed by atoms with Gasteiger partial charge in [0.15, 0.2) is 0 Å². The highest BCUT2D eigenvalue weighted by atomic mass is 32.1. The van der Waals surface area contributed by atoms with Crippen LogP contribution < -0.4 is 15.8 Å². The minimum atomic E-state index is -0.730. The minimum Gasteiger partial charge on any atom is -0.481 e. The lowest BCUT2D eigenvalue weighted by molar-refractivity contribution is -0.139. The zero-order chi connectivity index (χ0) is 30.3. The number of thiazole rings is 1. The molecule has 2 amide bonds. The molecule has 43 heavy (non-hydrogen) atoms. The van der Waals surface area contributed by atoms with Crippen LogP contribution in [0.4, 0.5) is 0 Å². The lowest BCUT2D eigenvalue weighted by Crippen LogP contribution is -2.51. The quantitative estimate of drug-likeness (QED) is 0.196. The summed E-state index contributed by atoms with van der Waals surface area (Å²) in [5.74, 6) is -0.720. The number of carbonyl (C=O) groups excluding carboxylic acids is 2. The van der Waals surface area contributed by atoms with Gasteiger partial charge in [-0.3, -0.25) is 14.4 Å². The molecule has 1 aromatic heterocycles. The number of aliphatic carboxylic acids is 1. The van der Waals surface area contributed by atoms with E-state index in [2.05, 4.69) is 17.2 Å². The summed E-state index contributed by atoms with van der Waals surface area (Å²) >= 11 is 1.45. The minimum absolute atomic E-state index is 0.128. The molecule has 1 saturated heterocycles. The highest BCUT2D eigenvalue weighted by Crippen LogP contribution is 2.46. The molecule has 1 aliphatic heterocycles.